The number of fused-ring (bicyclic) bond motifs is 7. The highest BCUT2D eigenvalue weighted by Crippen LogP contribution is 2.42. The van der Waals surface area contributed by atoms with Gasteiger partial charge in [-0.3, -0.25) is 14.5 Å². The molecule has 1 heterocycles. The normalized spacial score (nSPS) is 12.9. The average Bonchev–Trinajstić information content (AvgIpc) is 3.18. The van der Waals surface area contributed by atoms with Crippen LogP contribution in [0.2, 0.25) is 5.02 Å². The van der Waals surface area contributed by atoms with Crippen molar-refractivity contribution in [3.05, 3.63) is 148 Å². The van der Waals surface area contributed by atoms with Crippen LogP contribution in [-0.4, -0.2) is 23.1 Å². The lowest BCUT2D eigenvalue weighted by Crippen LogP contribution is -2.32. The van der Waals surface area contributed by atoms with E-state index in [1.54, 1.807) is 18.2 Å². The number of ketones is 1. The van der Waals surface area contributed by atoms with Crippen molar-refractivity contribution in [1.82, 2.24) is 4.90 Å². The molecule has 43 heavy (non-hydrogen) atoms. The fraction of sp³-hybridized carbons (Fsp3) is 0.0811. The monoisotopic (exact) mass is 584 g/mol. The summed E-state index contributed by atoms with van der Waals surface area (Å²) in [7, 11) is 0. The van der Waals surface area contributed by atoms with E-state index in [1.807, 2.05) is 12.1 Å². The zero-order valence-electron chi connectivity index (χ0n) is 23.1. The molecule has 0 saturated carbocycles. The molecule has 6 aromatic carbocycles. The van der Waals surface area contributed by atoms with Crippen LogP contribution in [-0.2, 0) is 17.9 Å². The summed E-state index contributed by atoms with van der Waals surface area (Å²) in [6.45, 7) is 1.23. The summed E-state index contributed by atoms with van der Waals surface area (Å²) in [5, 5.41) is 7.92. The van der Waals surface area contributed by atoms with Gasteiger partial charge >= 0.3 is 0 Å². The van der Waals surface area contributed by atoms with Gasteiger partial charge in [-0.2, -0.15) is 0 Å². The van der Waals surface area contributed by atoms with E-state index in [-0.39, 0.29) is 29.3 Å². The maximum atomic E-state index is 14.5. The van der Waals surface area contributed by atoms with Gasteiger partial charge < -0.3 is 5.32 Å². The molecule has 0 aliphatic carbocycles. The Morgan fingerprint density at radius 3 is 1.91 bits per heavy atom. The molecule has 1 amide bonds. The molecular formula is C37H26ClFN2O2. The maximum absolute atomic E-state index is 14.5. The van der Waals surface area contributed by atoms with Crippen molar-refractivity contribution in [2.45, 2.75) is 13.1 Å². The molecule has 1 aliphatic heterocycles. The average molecular weight is 585 g/mol. The van der Waals surface area contributed by atoms with Gasteiger partial charge in [0.25, 0.3) is 0 Å². The minimum absolute atomic E-state index is 0.0829. The van der Waals surface area contributed by atoms with Crippen LogP contribution in [0.15, 0.2) is 115 Å². The number of carbonyl (C=O) groups excluding carboxylic acids is 2. The lowest BCUT2D eigenvalue weighted by atomic mass is 9.88. The largest absolute Gasteiger partial charge is 0.324 e. The van der Waals surface area contributed by atoms with Crippen molar-refractivity contribution in [3.8, 4) is 11.1 Å². The van der Waals surface area contributed by atoms with E-state index in [0.29, 0.717) is 18.1 Å². The Hall–Kier alpha value is -4.84. The van der Waals surface area contributed by atoms with Gasteiger partial charge in [0.05, 0.1) is 17.8 Å². The Balaban J connectivity index is 1.24. The van der Waals surface area contributed by atoms with E-state index in [0.717, 1.165) is 11.1 Å². The summed E-state index contributed by atoms with van der Waals surface area (Å²) in [4.78, 5) is 28.9. The Labute approximate surface area is 253 Å². The molecule has 0 aromatic heterocycles. The molecule has 7 rings (SSSR count). The van der Waals surface area contributed by atoms with Gasteiger partial charge in [0.15, 0.2) is 5.78 Å². The molecular weight excluding hydrogens is 559 g/mol. The standard InChI is InChI=1S/C37H26ClFN2O2/c38-27-17-18-33(31(19-27)37(43)30-11-5-6-12-32(30)39)40-34(42)22-41-20-25-15-13-23-7-1-3-9-28(23)35(25)36-26(21-41)16-14-24-8-2-4-10-29(24)36/h1-19H,20-22H2,(H,40,42). The van der Waals surface area contributed by atoms with Crippen molar-refractivity contribution < 1.29 is 14.0 Å². The highest BCUT2D eigenvalue weighted by molar-refractivity contribution is 6.31. The Kier molecular flexibility index (Phi) is 6.98. The third-order valence-electron chi connectivity index (χ3n) is 8.05. The number of halogens is 2. The number of carbonyl (C=O) groups is 2. The van der Waals surface area contributed by atoms with Crippen molar-refractivity contribution in [2.24, 2.45) is 0 Å². The van der Waals surface area contributed by atoms with Crippen molar-refractivity contribution >= 4 is 50.5 Å². The number of anilines is 1. The van der Waals surface area contributed by atoms with E-state index >= 15 is 0 Å². The highest BCUT2D eigenvalue weighted by Gasteiger charge is 2.25. The number of benzene rings is 6. The first-order valence-electron chi connectivity index (χ1n) is 14.1. The van der Waals surface area contributed by atoms with Crippen LogP contribution in [0, 0.1) is 5.82 Å². The number of nitrogens with zero attached hydrogens (tertiary/aromatic N) is 1. The van der Waals surface area contributed by atoms with Crippen LogP contribution in [0.3, 0.4) is 0 Å². The first kappa shape index (κ1) is 27.0. The molecule has 0 atom stereocenters. The van der Waals surface area contributed by atoms with Gasteiger partial charge in [0, 0.05) is 23.7 Å². The molecule has 6 aromatic rings. The molecule has 210 valence electrons. The minimum atomic E-state index is -0.633. The number of amides is 1. The van der Waals surface area contributed by atoms with E-state index in [1.165, 1.54) is 56.9 Å². The SMILES string of the molecule is O=C(CN1Cc2ccc3ccccc3c2-c2c(ccc3ccccc23)C1)Nc1ccc(Cl)cc1C(=O)c1ccccc1F. The summed E-state index contributed by atoms with van der Waals surface area (Å²) in [5.74, 6) is -1.46. The van der Waals surface area contributed by atoms with Crippen LogP contribution in [0.4, 0.5) is 10.1 Å². The molecule has 4 nitrogen and oxygen atoms in total. The molecule has 1 N–H and O–H groups in total. The lowest BCUT2D eigenvalue weighted by Gasteiger charge is -2.21. The molecule has 0 radical (unpaired) electrons. The summed E-state index contributed by atoms with van der Waals surface area (Å²) in [5.41, 5.74) is 5.02. The summed E-state index contributed by atoms with van der Waals surface area (Å²) < 4.78 is 14.5. The van der Waals surface area contributed by atoms with Crippen molar-refractivity contribution in [1.29, 1.82) is 0 Å². The predicted octanol–water partition coefficient (Wildman–Crippen LogP) is 8.64. The second-order valence-corrected chi connectivity index (χ2v) is 11.3. The van der Waals surface area contributed by atoms with Crippen LogP contribution < -0.4 is 5.32 Å². The molecule has 0 unspecified atom stereocenters. The van der Waals surface area contributed by atoms with E-state index in [2.05, 4.69) is 70.9 Å². The van der Waals surface area contributed by atoms with Crippen LogP contribution in [0.5, 0.6) is 0 Å². The molecule has 1 aliphatic rings. The van der Waals surface area contributed by atoms with Gasteiger partial charge in [0.2, 0.25) is 5.91 Å². The first-order valence-corrected chi connectivity index (χ1v) is 14.5. The Morgan fingerprint density at radius 1 is 0.698 bits per heavy atom. The quantitative estimate of drug-likeness (QED) is 0.206. The smallest absolute Gasteiger partial charge is 0.238 e. The van der Waals surface area contributed by atoms with E-state index in [4.69, 9.17) is 11.6 Å². The van der Waals surface area contributed by atoms with Gasteiger partial charge in [-0.05, 0) is 74.1 Å². The maximum Gasteiger partial charge on any atom is 0.238 e. The lowest BCUT2D eigenvalue weighted by molar-refractivity contribution is -0.117. The minimum Gasteiger partial charge on any atom is -0.324 e. The predicted molar refractivity (Wildman–Crippen MR) is 171 cm³/mol. The fourth-order valence-electron chi connectivity index (χ4n) is 6.13. The van der Waals surface area contributed by atoms with Gasteiger partial charge in [-0.25, -0.2) is 4.39 Å². The van der Waals surface area contributed by atoms with Crippen LogP contribution >= 0.6 is 11.6 Å². The molecule has 0 spiro atoms. The van der Waals surface area contributed by atoms with E-state index < -0.39 is 11.6 Å². The second kappa shape index (κ2) is 11.1. The number of nitrogens with one attached hydrogen (secondary N) is 1. The van der Waals surface area contributed by atoms with Gasteiger partial charge in [-0.15, -0.1) is 0 Å². The third kappa shape index (κ3) is 5.07. The zero-order chi connectivity index (χ0) is 29.5. The third-order valence-corrected chi connectivity index (χ3v) is 8.29. The molecule has 0 bridgehead atoms. The number of rotatable bonds is 5. The Morgan fingerprint density at radius 2 is 1.28 bits per heavy atom. The first-order chi connectivity index (χ1) is 21.0. The zero-order valence-corrected chi connectivity index (χ0v) is 23.9. The van der Waals surface area contributed by atoms with Gasteiger partial charge in [-0.1, -0.05) is 96.5 Å². The number of hydrogen-bond donors (Lipinski definition) is 1. The molecule has 6 heteroatoms. The van der Waals surface area contributed by atoms with E-state index in [9.17, 15) is 14.0 Å². The summed E-state index contributed by atoms with van der Waals surface area (Å²) >= 11 is 6.21. The van der Waals surface area contributed by atoms with Crippen LogP contribution in [0.1, 0.15) is 27.0 Å². The topological polar surface area (TPSA) is 49.4 Å². The second-order valence-electron chi connectivity index (χ2n) is 10.8. The molecule has 0 saturated heterocycles. The summed E-state index contributed by atoms with van der Waals surface area (Å²) in [6.07, 6.45) is 0. The van der Waals surface area contributed by atoms with Crippen LogP contribution in [0.25, 0.3) is 32.7 Å². The highest BCUT2D eigenvalue weighted by atomic mass is 35.5. The fourth-order valence-corrected chi connectivity index (χ4v) is 6.31. The van der Waals surface area contributed by atoms with Crippen molar-refractivity contribution in [2.75, 3.05) is 11.9 Å². The number of hydrogen-bond acceptors (Lipinski definition) is 3. The van der Waals surface area contributed by atoms with Crippen molar-refractivity contribution in [3.63, 3.8) is 0 Å². The summed E-state index contributed by atoms with van der Waals surface area (Å²) in [6, 6.07) is 35.8. The molecule has 0 fully saturated rings. The Bertz CT molecular complexity index is 1990. The van der Waals surface area contributed by atoms with Gasteiger partial charge in [0.1, 0.15) is 5.82 Å².